The summed E-state index contributed by atoms with van der Waals surface area (Å²) in [6.45, 7) is -3.67. The van der Waals surface area contributed by atoms with E-state index >= 15 is 0 Å². The highest BCUT2D eigenvalue weighted by atomic mass is 79.9. The summed E-state index contributed by atoms with van der Waals surface area (Å²) in [6.07, 6.45) is -3.96. The summed E-state index contributed by atoms with van der Waals surface area (Å²) in [5, 5.41) is 13.5. The van der Waals surface area contributed by atoms with Crippen molar-refractivity contribution in [3.63, 3.8) is 0 Å². The Bertz CT molecular complexity index is 1190. The van der Waals surface area contributed by atoms with Gasteiger partial charge in [0.15, 0.2) is 5.76 Å². The number of aromatic amines is 1. The van der Waals surface area contributed by atoms with Crippen molar-refractivity contribution in [2.75, 3.05) is 0 Å². The zero-order valence-electron chi connectivity index (χ0n) is 15.7. The molecule has 0 saturated carbocycles. The number of hydrogen-bond acceptors (Lipinski definition) is 4. The van der Waals surface area contributed by atoms with Gasteiger partial charge in [-0.25, -0.2) is 4.39 Å². The van der Waals surface area contributed by atoms with Gasteiger partial charge in [-0.3, -0.25) is 0 Å². The van der Waals surface area contributed by atoms with Crippen molar-refractivity contribution in [1.29, 1.82) is 0 Å². The van der Waals surface area contributed by atoms with Crippen LogP contribution < -0.4 is 0 Å². The van der Waals surface area contributed by atoms with E-state index in [9.17, 15) is 30.7 Å². The second kappa shape index (κ2) is 9.67. The first-order valence-corrected chi connectivity index (χ1v) is 9.58. The molecule has 0 amide bonds. The molecule has 4 rings (SSSR count). The number of aromatic nitrogens is 4. The van der Waals surface area contributed by atoms with Gasteiger partial charge in [0.1, 0.15) is 11.4 Å². The Kier molecular flexibility index (Phi) is 7.16. The number of fused-ring (bicyclic) bond motifs is 1. The van der Waals surface area contributed by atoms with Crippen molar-refractivity contribution in [2.45, 2.75) is 25.7 Å². The van der Waals surface area contributed by atoms with Gasteiger partial charge in [-0.15, -0.1) is 10.2 Å². The normalized spacial score (nSPS) is 11.7. The number of alkyl halides is 6. The predicted molar refractivity (Wildman–Crippen MR) is 103 cm³/mol. The lowest BCUT2D eigenvalue weighted by Gasteiger charge is -2.11. The predicted octanol–water partition coefficient (Wildman–Crippen LogP) is 6.50. The number of aryl methyl sites for hydroxylation is 2. The van der Waals surface area contributed by atoms with E-state index < -0.39 is 24.2 Å². The molecule has 0 aliphatic heterocycles. The molecule has 0 fully saturated rings. The van der Waals surface area contributed by atoms with E-state index in [-0.39, 0.29) is 34.3 Å². The maximum atomic E-state index is 14.8. The smallest absolute Gasteiger partial charge is 0.417 e. The zero-order valence-corrected chi connectivity index (χ0v) is 17.3. The minimum absolute atomic E-state index is 0.0243. The SMILES string of the molecule is FC(F)F.Fc1c(CCc2ccc(Br)c(C(F)(F)F)c2)ccc2oc(-c3nn[nH]n3)cc12. The standard InChI is InChI=1S/C18H11BrF4N4O.CHF3/c19-13-5-2-9(7-12(13)18(21,22)23)1-3-10-4-6-14-11(16(10)20)8-15(28-14)17-24-26-27-25-17;2-1(3)4/h2,4-8H,1,3H2,(H,24,25,26,27);1H. The summed E-state index contributed by atoms with van der Waals surface area (Å²) in [5.74, 6) is -0.0154. The van der Waals surface area contributed by atoms with E-state index in [1.54, 1.807) is 18.2 Å². The lowest BCUT2D eigenvalue weighted by atomic mass is 10.0. The molecule has 0 aliphatic rings. The van der Waals surface area contributed by atoms with Gasteiger partial charge < -0.3 is 4.42 Å². The molecule has 0 aliphatic carbocycles. The number of nitrogens with one attached hydrogen (secondary N) is 1. The molecule has 170 valence electrons. The maximum Gasteiger partial charge on any atom is 0.417 e. The number of tetrazole rings is 1. The van der Waals surface area contributed by atoms with Crippen molar-refractivity contribution in [2.24, 2.45) is 0 Å². The fraction of sp³-hybridized carbons (Fsp3) is 0.211. The fourth-order valence-electron chi connectivity index (χ4n) is 2.92. The number of H-pyrrole nitrogens is 1. The first-order valence-electron chi connectivity index (χ1n) is 8.79. The zero-order chi connectivity index (χ0) is 23.5. The molecule has 0 unspecified atom stereocenters. The molecule has 0 radical (unpaired) electrons. The fourth-order valence-corrected chi connectivity index (χ4v) is 3.39. The summed E-state index contributed by atoms with van der Waals surface area (Å²) >= 11 is 2.91. The van der Waals surface area contributed by atoms with Crippen LogP contribution >= 0.6 is 15.9 Å². The number of halogens is 8. The second-order valence-electron chi connectivity index (χ2n) is 6.36. The molecule has 0 atom stereocenters. The molecule has 2 aromatic heterocycles. The van der Waals surface area contributed by atoms with E-state index in [4.69, 9.17) is 4.42 Å². The average molecular weight is 525 g/mol. The van der Waals surface area contributed by atoms with Crippen LogP contribution in [-0.4, -0.2) is 27.3 Å². The number of hydrogen-bond donors (Lipinski definition) is 1. The topological polar surface area (TPSA) is 67.6 Å². The molecule has 0 bridgehead atoms. The monoisotopic (exact) mass is 524 g/mol. The van der Waals surface area contributed by atoms with Gasteiger partial charge in [0.2, 0.25) is 5.82 Å². The third-order valence-corrected chi connectivity index (χ3v) is 4.99. The minimum Gasteiger partial charge on any atom is -0.452 e. The van der Waals surface area contributed by atoms with E-state index in [0.29, 0.717) is 16.7 Å². The van der Waals surface area contributed by atoms with Crippen LogP contribution in [0.15, 0.2) is 45.3 Å². The van der Waals surface area contributed by atoms with Crippen LogP contribution in [0.2, 0.25) is 0 Å². The van der Waals surface area contributed by atoms with E-state index in [1.807, 2.05) is 0 Å². The Morgan fingerprint density at radius 2 is 1.75 bits per heavy atom. The Hall–Kier alpha value is -2.96. The average Bonchev–Trinajstić information content (AvgIpc) is 3.37. The van der Waals surface area contributed by atoms with Crippen LogP contribution in [0.4, 0.5) is 30.7 Å². The number of benzene rings is 2. The van der Waals surface area contributed by atoms with Crippen molar-refractivity contribution in [3.05, 3.63) is 63.4 Å². The molecular weight excluding hydrogens is 513 g/mol. The van der Waals surface area contributed by atoms with Gasteiger partial charge in [-0.1, -0.05) is 28.1 Å². The van der Waals surface area contributed by atoms with Crippen LogP contribution in [0.25, 0.3) is 22.6 Å². The van der Waals surface area contributed by atoms with Crippen LogP contribution in [0, 0.1) is 5.82 Å². The molecule has 13 heteroatoms. The number of furan rings is 1. The van der Waals surface area contributed by atoms with Gasteiger partial charge in [-0.2, -0.15) is 31.6 Å². The Morgan fingerprint density at radius 1 is 1.03 bits per heavy atom. The Labute approximate surface area is 183 Å². The van der Waals surface area contributed by atoms with Gasteiger partial charge in [0.05, 0.1) is 10.9 Å². The lowest BCUT2D eigenvalue weighted by Crippen LogP contribution is -2.07. The largest absolute Gasteiger partial charge is 0.452 e. The van der Waals surface area contributed by atoms with E-state index in [0.717, 1.165) is 6.07 Å². The summed E-state index contributed by atoms with van der Waals surface area (Å²) in [4.78, 5) is 0. The molecule has 32 heavy (non-hydrogen) atoms. The molecule has 2 aromatic carbocycles. The maximum absolute atomic E-state index is 14.8. The van der Waals surface area contributed by atoms with Crippen molar-refractivity contribution in [1.82, 2.24) is 20.6 Å². The highest BCUT2D eigenvalue weighted by Gasteiger charge is 2.33. The quantitative estimate of drug-likeness (QED) is 0.309. The first kappa shape index (κ1) is 23.7. The van der Waals surface area contributed by atoms with E-state index in [2.05, 4.69) is 36.6 Å². The van der Waals surface area contributed by atoms with Gasteiger partial charge in [0.25, 0.3) is 0 Å². The molecular formula is C19H12BrF7N4O. The van der Waals surface area contributed by atoms with Gasteiger partial charge in [-0.05, 0) is 53.4 Å². The molecule has 2 heterocycles. The van der Waals surface area contributed by atoms with Crippen molar-refractivity contribution >= 4 is 26.9 Å². The lowest BCUT2D eigenvalue weighted by molar-refractivity contribution is -0.138. The summed E-state index contributed by atoms with van der Waals surface area (Å²) < 4.78 is 88.4. The van der Waals surface area contributed by atoms with Gasteiger partial charge >= 0.3 is 12.9 Å². The van der Waals surface area contributed by atoms with E-state index in [1.165, 1.54) is 12.1 Å². The minimum atomic E-state index is -4.46. The third kappa shape index (κ3) is 5.64. The molecule has 4 aromatic rings. The first-order chi connectivity index (χ1) is 15.1. The van der Waals surface area contributed by atoms with Crippen LogP contribution in [0.3, 0.4) is 0 Å². The van der Waals surface area contributed by atoms with Crippen LogP contribution in [0.1, 0.15) is 16.7 Å². The highest BCUT2D eigenvalue weighted by molar-refractivity contribution is 9.10. The highest BCUT2D eigenvalue weighted by Crippen LogP contribution is 2.36. The van der Waals surface area contributed by atoms with Gasteiger partial charge in [0, 0.05) is 4.47 Å². The summed E-state index contributed by atoms with van der Waals surface area (Å²) in [6, 6.07) is 8.66. The molecule has 1 N–H and O–H groups in total. The molecule has 0 spiro atoms. The molecule has 5 nitrogen and oxygen atoms in total. The Balaban J connectivity index is 0.000000668. The van der Waals surface area contributed by atoms with Crippen LogP contribution in [0.5, 0.6) is 0 Å². The Morgan fingerprint density at radius 3 is 2.38 bits per heavy atom. The number of nitrogens with zero attached hydrogens (tertiary/aromatic N) is 3. The van der Waals surface area contributed by atoms with Crippen LogP contribution in [-0.2, 0) is 19.0 Å². The third-order valence-electron chi connectivity index (χ3n) is 4.30. The van der Waals surface area contributed by atoms with Crippen molar-refractivity contribution < 1.29 is 35.2 Å². The number of rotatable bonds is 4. The summed E-state index contributed by atoms with van der Waals surface area (Å²) in [5.41, 5.74) is 0.420. The van der Waals surface area contributed by atoms with Crippen molar-refractivity contribution in [3.8, 4) is 11.6 Å². The second-order valence-corrected chi connectivity index (χ2v) is 7.21. The molecule has 0 saturated heterocycles. The summed E-state index contributed by atoms with van der Waals surface area (Å²) in [7, 11) is 0.